The van der Waals surface area contributed by atoms with Crippen LogP contribution >= 0.6 is 12.2 Å². The SMILES string of the molecule is Fc1ccc(-c2cc(=S)nc(C3CC3)[nH]2)cc1F. The van der Waals surface area contributed by atoms with Crippen molar-refractivity contribution in [1.29, 1.82) is 0 Å². The van der Waals surface area contributed by atoms with Crippen LogP contribution < -0.4 is 0 Å². The van der Waals surface area contributed by atoms with E-state index in [9.17, 15) is 8.78 Å². The molecule has 0 saturated heterocycles. The number of hydrogen-bond donors (Lipinski definition) is 1. The van der Waals surface area contributed by atoms with Crippen molar-refractivity contribution in [2.45, 2.75) is 18.8 Å². The van der Waals surface area contributed by atoms with Crippen LogP contribution in [0.25, 0.3) is 11.3 Å². The van der Waals surface area contributed by atoms with Crippen LogP contribution in [0.4, 0.5) is 8.78 Å². The number of benzene rings is 1. The normalized spacial score (nSPS) is 14.8. The summed E-state index contributed by atoms with van der Waals surface area (Å²) in [4.78, 5) is 7.40. The maximum Gasteiger partial charge on any atom is 0.159 e. The van der Waals surface area contributed by atoms with Crippen molar-refractivity contribution in [2.24, 2.45) is 0 Å². The number of nitrogens with zero attached hydrogens (tertiary/aromatic N) is 1. The molecule has 0 radical (unpaired) electrons. The monoisotopic (exact) mass is 264 g/mol. The Hall–Kier alpha value is -1.62. The van der Waals surface area contributed by atoms with Gasteiger partial charge in [0.05, 0.1) is 0 Å². The highest BCUT2D eigenvalue weighted by atomic mass is 32.1. The highest BCUT2D eigenvalue weighted by molar-refractivity contribution is 7.71. The van der Waals surface area contributed by atoms with Gasteiger partial charge >= 0.3 is 0 Å². The molecule has 92 valence electrons. The molecule has 0 amide bonds. The summed E-state index contributed by atoms with van der Waals surface area (Å²) in [6.45, 7) is 0. The molecule has 1 N–H and O–H groups in total. The van der Waals surface area contributed by atoms with E-state index in [1.807, 2.05) is 0 Å². The van der Waals surface area contributed by atoms with Crippen LogP contribution in [-0.2, 0) is 0 Å². The standard InChI is InChI=1S/C13H10F2N2S/c14-9-4-3-8(5-10(9)15)11-6-12(18)17-13(16-11)7-1-2-7/h3-7H,1-2H2,(H,16,17,18). The summed E-state index contributed by atoms with van der Waals surface area (Å²) in [5, 5.41) is 0. The number of aromatic amines is 1. The van der Waals surface area contributed by atoms with Gasteiger partial charge in [-0.05, 0) is 37.1 Å². The van der Waals surface area contributed by atoms with Gasteiger partial charge in [-0.2, -0.15) is 0 Å². The molecule has 0 atom stereocenters. The summed E-state index contributed by atoms with van der Waals surface area (Å²) in [6, 6.07) is 5.45. The maximum absolute atomic E-state index is 13.2. The molecule has 5 heteroatoms. The zero-order valence-electron chi connectivity index (χ0n) is 9.41. The molecule has 0 unspecified atom stereocenters. The van der Waals surface area contributed by atoms with Crippen LogP contribution in [0, 0.1) is 16.3 Å². The fraction of sp³-hybridized carbons (Fsp3) is 0.231. The molecule has 2 aromatic rings. The quantitative estimate of drug-likeness (QED) is 0.832. The summed E-state index contributed by atoms with van der Waals surface area (Å²) in [7, 11) is 0. The first-order chi connectivity index (χ1) is 8.63. The smallest absolute Gasteiger partial charge is 0.159 e. The third-order valence-electron chi connectivity index (χ3n) is 2.96. The molecule has 1 fully saturated rings. The van der Waals surface area contributed by atoms with Crippen LogP contribution in [-0.4, -0.2) is 9.97 Å². The van der Waals surface area contributed by atoms with Gasteiger partial charge in [-0.15, -0.1) is 0 Å². The topological polar surface area (TPSA) is 28.7 Å². The highest BCUT2D eigenvalue weighted by Gasteiger charge is 2.26. The Morgan fingerprint density at radius 3 is 2.61 bits per heavy atom. The molecule has 1 saturated carbocycles. The van der Waals surface area contributed by atoms with Gasteiger partial charge in [0.1, 0.15) is 10.5 Å². The number of H-pyrrole nitrogens is 1. The second-order valence-corrected chi connectivity index (χ2v) is 4.84. The zero-order chi connectivity index (χ0) is 12.7. The second kappa shape index (κ2) is 4.24. The Labute approximate surface area is 108 Å². The van der Waals surface area contributed by atoms with E-state index in [1.165, 1.54) is 6.07 Å². The molecular weight excluding hydrogens is 254 g/mol. The van der Waals surface area contributed by atoms with Crippen molar-refractivity contribution in [3.8, 4) is 11.3 Å². The van der Waals surface area contributed by atoms with Crippen molar-refractivity contribution in [2.75, 3.05) is 0 Å². The Morgan fingerprint density at radius 1 is 1.17 bits per heavy atom. The van der Waals surface area contributed by atoms with Crippen LogP contribution in [0.3, 0.4) is 0 Å². The third kappa shape index (κ3) is 2.18. The first-order valence-electron chi connectivity index (χ1n) is 5.70. The van der Waals surface area contributed by atoms with Gasteiger partial charge < -0.3 is 4.98 Å². The first-order valence-corrected chi connectivity index (χ1v) is 6.11. The van der Waals surface area contributed by atoms with Crippen molar-refractivity contribution < 1.29 is 8.78 Å². The van der Waals surface area contributed by atoms with E-state index in [0.717, 1.165) is 30.8 Å². The minimum absolute atomic E-state index is 0.428. The summed E-state index contributed by atoms with van der Waals surface area (Å²) in [6.07, 6.45) is 2.19. The maximum atomic E-state index is 13.2. The van der Waals surface area contributed by atoms with Crippen molar-refractivity contribution in [3.05, 3.63) is 46.4 Å². The fourth-order valence-electron chi connectivity index (χ4n) is 1.85. The van der Waals surface area contributed by atoms with Crippen molar-refractivity contribution in [1.82, 2.24) is 9.97 Å². The van der Waals surface area contributed by atoms with Crippen molar-refractivity contribution >= 4 is 12.2 Å². The van der Waals surface area contributed by atoms with Gasteiger partial charge in [0.25, 0.3) is 0 Å². The summed E-state index contributed by atoms with van der Waals surface area (Å²) < 4.78 is 26.6. The largest absolute Gasteiger partial charge is 0.343 e. The van der Waals surface area contributed by atoms with Gasteiger partial charge in [-0.3, -0.25) is 0 Å². The first kappa shape index (κ1) is 11.5. The van der Waals surface area contributed by atoms with E-state index in [4.69, 9.17) is 12.2 Å². The summed E-state index contributed by atoms with van der Waals surface area (Å²) in [5.74, 6) is -0.454. The van der Waals surface area contributed by atoms with Gasteiger partial charge in [-0.1, -0.05) is 12.2 Å². The van der Waals surface area contributed by atoms with E-state index in [0.29, 0.717) is 21.8 Å². The molecule has 2 nitrogen and oxygen atoms in total. The lowest BCUT2D eigenvalue weighted by Crippen LogP contribution is -1.96. The molecule has 1 aromatic carbocycles. The van der Waals surface area contributed by atoms with Gasteiger partial charge in [0, 0.05) is 17.2 Å². The molecule has 0 aliphatic heterocycles. The fourth-order valence-corrected chi connectivity index (χ4v) is 2.06. The molecule has 0 spiro atoms. The molecule has 1 aliphatic rings. The zero-order valence-corrected chi connectivity index (χ0v) is 10.2. The lowest BCUT2D eigenvalue weighted by molar-refractivity contribution is 0.509. The number of aromatic nitrogens is 2. The molecule has 18 heavy (non-hydrogen) atoms. The average Bonchev–Trinajstić information content (AvgIpc) is 3.16. The predicted octanol–water partition coefficient (Wildman–Crippen LogP) is 3.96. The Kier molecular flexibility index (Phi) is 2.70. The molecule has 3 rings (SSSR count). The van der Waals surface area contributed by atoms with E-state index in [-0.39, 0.29) is 0 Å². The third-order valence-corrected chi connectivity index (χ3v) is 3.16. The number of hydrogen-bond acceptors (Lipinski definition) is 2. The highest BCUT2D eigenvalue weighted by Crippen LogP contribution is 2.38. The van der Waals surface area contributed by atoms with Crippen LogP contribution in [0.5, 0.6) is 0 Å². The number of nitrogens with one attached hydrogen (secondary N) is 1. The summed E-state index contributed by atoms with van der Waals surface area (Å²) in [5.41, 5.74) is 1.25. The summed E-state index contributed by atoms with van der Waals surface area (Å²) >= 11 is 5.09. The molecule has 1 aliphatic carbocycles. The van der Waals surface area contributed by atoms with E-state index in [1.54, 1.807) is 6.07 Å². The second-order valence-electron chi connectivity index (χ2n) is 4.42. The molecule has 1 aromatic heterocycles. The van der Waals surface area contributed by atoms with E-state index in [2.05, 4.69) is 9.97 Å². The van der Waals surface area contributed by atoms with Crippen molar-refractivity contribution in [3.63, 3.8) is 0 Å². The van der Waals surface area contributed by atoms with Gasteiger partial charge in [-0.25, -0.2) is 13.8 Å². The predicted molar refractivity (Wildman–Crippen MR) is 66.7 cm³/mol. The van der Waals surface area contributed by atoms with Gasteiger partial charge in [0.2, 0.25) is 0 Å². The lowest BCUT2D eigenvalue weighted by atomic mass is 10.1. The van der Waals surface area contributed by atoms with E-state index < -0.39 is 11.6 Å². The van der Waals surface area contributed by atoms with E-state index >= 15 is 0 Å². The van der Waals surface area contributed by atoms with Crippen LogP contribution in [0.1, 0.15) is 24.6 Å². The number of halogens is 2. The van der Waals surface area contributed by atoms with Crippen LogP contribution in [0.2, 0.25) is 0 Å². The minimum Gasteiger partial charge on any atom is -0.343 e. The average molecular weight is 264 g/mol. The molecule has 1 heterocycles. The Balaban J connectivity index is 2.09. The van der Waals surface area contributed by atoms with Gasteiger partial charge in [0.15, 0.2) is 11.6 Å². The minimum atomic E-state index is -0.864. The molecule has 0 bridgehead atoms. The van der Waals surface area contributed by atoms with Crippen LogP contribution in [0.15, 0.2) is 24.3 Å². The Bertz CT molecular complexity index is 662. The molecular formula is C13H10F2N2S. The number of rotatable bonds is 2. The lowest BCUT2D eigenvalue weighted by Gasteiger charge is -2.05. The Morgan fingerprint density at radius 2 is 1.94 bits per heavy atom.